The first kappa shape index (κ1) is 24.1. The van der Waals surface area contributed by atoms with Crippen LogP contribution in [0.4, 0.5) is 0 Å². The highest BCUT2D eigenvalue weighted by Crippen LogP contribution is 2.53. The Morgan fingerprint density at radius 2 is 1.85 bits per heavy atom. The Bertz CT molecular complexity index is 1220. The second-order valence-electron chi connectivity index (χ2n) is 11.8. The summed E-state index contributed by atoms with van der Waals surface area (Å²) in [7, 11) is 0. The maximum atomic E-state index is 13.9. The fraction of sp³-hybridized carbons (Fsp3) is 0.586. The van der Waals surface area contributed by atoms with Gasteiger partial charge in [-0.2, -0.15) is 0 Å². The van der Waals surface area contributed by atoms with E-state index in [1.165, 1.54) is 35.2 Å². The predicted octanol–water partition coefficient (Wildman–Crippen LogP) is 7.85. The lowest BCUT2D eigenvalue weighted by atomic mass is 9.66. The summed E-state index contributed by atoms with van der Waals surface area (Å²) < 4.78 is 3.02. The lowest BCUT2D eigenvalue weighted by Crippen LogP contribution is -2.53. The molecule has 1 amide bonds. The Morgan fingerprint density at radius 1 is 1.15 bits per heavy atom. The van der Waals surface area contributed by atoms with Crippen LogP contribution in [0.1, 0.15) is 88.1 Å². The lowest BCUT2D eigenvalue weighted by Gasteiger charge is -2.45. The van der Waals surface area contributed by atoms with Crippen LogP contribution in [0.15, 0.2) is 35.2 Å². The zero-order valence-electron chi connectivity index (χ0n) is 21.2. The normalized spacial score (nSPS) is 21.8. The third-order valence-corrected chi connectivity index (χ3v) is 10.3. The van der Waals surface area contributed by atoms with Gasteiger partial charge in [0.25, 0.3) is 5.91 Å². The smallest absolute Gasteiger partial charge is 0.254 e. The van der Waals surface area contributed by atoms with E-state index in [9.17, 15) is 4.79 Å². The molecule has 5 heteroatoms. The van der Waals surface area contributed by atoms with Gasteiger partial charge in [-0.3, -0.25) is 4.79 Å². The van der Waals surface area contributed by atoms with Crippen LogP contribution in [-0.2, 0) is 13.0 Å². The molecule has 2 aliphatic carbocycles. The Morgan fingerprint density at radius 3 is 2.47 bits per heavy atom. The molecule has 0 atom stereocenters. The van der Waals surface area contributed by atoms with Gasteiger partial charge in [0.15, 0.2) is 0 Å². The number of thioether (sulfide) groups is 1. The summed E-state index contributed by atoms with van der Waals surface area (Å²) in [5, 5.41) is 4.62. The van der Waals surface area contributed by atoms with Gasteiger partial charge in [0.1, 0.15) is 4.64 Å². The van der Waals surface area contributed by atoms with Crippen LogP contribution < -0.4 is 5.32 Å². The summed E-state index contributed by atoms with van der Waals surface area (Å²) in [6, 6.07) is 6.46. The third-order valence-electron chi connectivity index (χ3n) is 9.05. The van der Waals surface area contributed by atoms with E-state index < -0.39 is 0 Å². The van der Waals surface area contributed by atoms with E-state index in [1.807, 2.05) is 11.8 Å². The summed E-state index contributed by atoms with van der Waals surface area (Å²) >= 11 is 7.88. The van der Waals surface area contributed by atoms with E-state index in [0.717, 1.165) is 56.0 Å². The number of pyridine rings is 1. The molecule has 0 unspecified atom stereocenters. The van der Waals surface area contributed by atoms with E-state index in [0.29, 0.717) is 21.0 Å². The standard InChI is InChI=1S/C29H38N2OS2/c1-6-19(2)29(15-11-27(3,4)12-16-29)30-25(32)22-17-20-7-8-23(34-5)21-9-10-28(13-14-28)18-31(24(20)21)26(22)33/h7-8,17H,2,6,9-16,18H2,1,3-5H3,(H,30,32). The fourth-order valence-electron chi connectivity index (χ4n) is 6.21. The lowest BCUT2D eigenvalue weighted by molar-refractivity contribution is 0.0844. The van der Waals surface area contributed by atoms with Crippen LogP contribution in [0.2, 0.25) is 0 Å². The van der Waals surface area contributed by atoms with Crippen molar-refractivity contribution in [2.24, 2.45) is 10.8 Å². The number of nitrogens with one attached hydrogen (secondary N) is 1. The fourth-order valence-corrected chi connectivity index (χ4v) is 7.17. The molecule has 0 bridgehead atoms. The molecule has 1 aromatic heterocycles. The van der Waals surface area contributed by atoms with Crippen molar-refractivity contribution in [2.75, 3.05) is 6.26 Å². The Balaban J connectivity index is 1.58. The maximum Gasteiger partial charge on any atom is 0.254 e. The minimum absolute atomic E-state index is 0.0328. The van der Waals surface area contributed by atoms with Crippen LogP contribution in [0.3, 0.4) is 0 Å². The number of carbonyl (C=O) groups is 1. The molecule has 1 aliphatic heterocycles. The van der Waals surface area contributed by atoms with Gasteiger partial charge in [0.05, 0.1) is 16.6 Å². The summed E-state index contributed by atoms with van der Waals surface area (Å²) in [5.41, 5.74) is 4.80. The summed E-state index contributed by atoms with van der Waals surface area (Å²) in [6.45, 7) is 12.1. The number of aromatic nitrogens is 1. The van der Waals surface area contributed by atoms with Crippen LogP contribution >= 0.6 is 24.0 Å². The molecule has 182 valence electrons. The highest BCUT2D eigenvalue weighted by molar-refractivity contribution is 7.98. The van der Waals surface area contributed by atoms with Crippen molar-refractivity contribution in [1.29, 1.82) is 0 Å². The number of nitrogens with zero attached hydrogens (tertiary/aromatic N) is 1. The topological polar surface area (TPSA) is 34.0 Å². The average molecular weight is 495 g/mol. The minimum atomic E-state index is -0.331. The van der Waals surface area contributed by atoms with Gasteiger partial charge in [-0.15, -0.1) is 11.8 Å². The molecular weight excluding hydrogens is 456 g/mol. The molecule has 1 N–H and O–H groups in total. The number of aryl methyl sites for hydroxylation is 1. The van der Waals surface area contributed by atoms with Crippen molar-refractivity contribution < 1.29 is 4.79 Å². The van der Waals surface area contributed by atoms with Gasteiger partial charge in [0, 0.05) is 11.4 Å². The monoisotopic (exact) mass is 494 g/mol. The molecule has 1 spiro atoms. The quantitative estimate of drug-likeness (QED) is 0.261. The summed E-state index contributed by atoms with van der Waals surface area (Å²) in [5.74, 6) is -0.0328. The SMILES string of the molecule is C=C(CC)C1(NC(=O)c2cc3ccc(SC)c4c3n(c2=S)CC2(CC4)CC2)CCC(C)(C)CC1. The van der Waals surface area contributed by atoms with Crippen molar-refractivity contribution in [1.82, 2.24) is 9.88 Å². The molecule has 3 nitrogen and oxygen atoms in total. The van der Waals surface area contributed by atoms with Crippen LogP contribution in [0, 0.1) is 15.5 Å². The van der Waals surface area contributed by atoms with Crippen molar-refractivity contribution in [3.05, 3.63) is 46.1 Å². The number of benzene rings is 1. The Labute approximate surface area is 213 Å². The average Bonchev–Trinajstić information content (AvgIpc) is 3.61. The van der Waals surface area contributed by atoms with Gasteiger partial charge in [0.2, 0.25) is 0 Å². The first-order chi connectivity index (χ1) is 16.1. The highest BCUT2D eigenvalue weighted by Gasteiger charge is 2.45. The highest BCUT2D eigenvalue weighted by atomic mass is 32.2. The Hall–Kier alpha value is -1.59. The molecule has 2 saturated carbocycles. The zero-order chi connectivity index (χ0) is 24.3. The molecule has 0 radical (unpaired) electrons. The predicted molar refractivity (Wildman–Crippen MR) is 146 cm³/mol. The van der Waals surface area contributed by atoms with Crippen LogP contribution in [0.25, 0.3) is 10.9 Å². The Kier molecular flexibility index (Phi) is 6.04. The van der Waals surface area contributed by atoms with Gasteiger partial charge in [-0.1, -0.05) is 51.2 Å². The largest absolute Gasteiger partial charge is 0.343 e. The van der Waals surface area contributed by atoms with Crippen LogP contribution in [-0.4, -0.2) is 22.3 Å². The van der Waals surface area contributed by atoms with Crippen LogP contribution in [0.5, 0.6) is 0 Å². The van der Waals surface area contributed by atoms with E-state index in [2.05, 4.69) is 61.7 Å². The molecule has 5 rings (SSSR count). The number of rotatable bonds is 5. The number of hydrogen-bond donors (Lipinski definition) is 1. The molecule has 2 heterocycles. The molecule has 3 aliphatic rings. The van der Waals surface area contributed by atoms with E-state index >= 15 is 0 Å². The molecular formula is C29H38N2OS2. The second kappa shape index (κ2) is 8.51. The molecule has 2 fully saturated rings. The summed E-state index contributed by atoms with van der Waals surface area (Å²) in [4.78, 5) is 15.2. The molecule has 2 aromatic rings. The van der Waals surface area contributed by atoms with Gasteiger partial charge < -0.3 is 9.88 Å². The van der Waals surface area contributed by atoms with Gasteiger partial charge in [-0.25, -0.2) is 0 Å². The number of amides is 1. The van der Waals surface area contributed by atoms with Crippen molar-refractivity contribution in [2.45, 2.75) is 95.5 Å². The first-order valence-corrected chi connectivity index (χ1v) is 14.5. The van der Waals surface area contributed by atoms with E-state index in [4.69, 9.17) is 12.2 Å². The molecule has 34 heavy (non-hydrogen) atoms. The first-order valence-electron chi connectivity index (χ1n) is 12.9. The maximum absolute atomic E-state index is 13.9. The number of carbonyl (C=O) groups excluding carboxylic acids is 1. The summed E-state index contributed by atoms with van der Waals surface area (Å²) in [6.07, 6.45) is 12.0. The van der Waals surface area contributed by atoms with E-state index in [-0.39, 0.29) is 11.4 Å². The van der Waals surface area contributed by atoms with Gasteiger partial charge >= 0.3 is 0 Å². The van der Waals surface area contributed by atoms with E-state index in [1.54, 1.807) is 0 Å². The zero-order valence-corrected chi connectivity index (χ0v) is 22.8. The minimum Gasteiger partial charge on any atom is -0.343 e. The van der Waals surface area contributed by atoms with Gasteiger partial charge in [-0.05, 0) is 98.0 Å². The second-order valence-corrected chi connectivity index (χ2v) is 13.0. The third kappa shape index (κ3) is 4.07. The van der Waals surface area contributed by atoms with Crippen molar-refractivity contribution in [3.63, 3.8) is 0 Å². The molecule has 1 aromatic carbocycles. The molecule has 0 saturated heterocycles. The van der Waals surface area contributed by atoms with Crippen molar-refractivity contribution in [3.8, 4) is 0 Å². The van der Waals surface area contributed by atoms with Crippen molar-refractivity contribution >= 4 is 40.8 Å². The number of hydrogen-bond acceptors (Lipinski definition) is 3.